The Bertz CT molecular complexity index is 532. The maximum Gasteiger partial charge on any atom is 0.0222 e. The summed E-state index contributed by atoms with van der Waals surface area (Å²) in [7, 11) is 0. The van der Waals surface area contributed by atoms with Gasteiger partial charge in [-0.25, -0.2) is 0 Å². The smallest absolute Gasteiger partial charge is 0.0222 e. The second-order valence-electron chi connectivity index (χ2n) is 5.34. The predicted molar refractivity (Wildman–Crippen MR) is 79.1 cm³/mol. The summed E-state index contributed by atoms with van der Waals surface area (Å²) in [6, 6.07) is 7.58. The van der Waals surface area contributed by atoms with Crippen LogP contribution in [0.2, 0.25) is 0 Å². The van der Waals surface area contributed by atoms with E-state index in [4.69, 9.17) is 0 Å². The lowest BCUT2D eigenvalue weighted by atomic mass is 10.00. The average Bonchev–Trinajstić information content (AvgIpc) is 3.02. The van der Waals surface area contributed by atoms with E-state index in [0.29, 0.717) is 0 Å². The topological polar surface area (TPSA) is 12.0 Å². The van der Waals surface area contributed by atoms with E-state index in [1.807, 2.05) is 0 Å². The van der Waals surface area contributed by atoms with Gasteiger partial charge in [0, 0.05) is 12.6 Å². The lowest BCUT2D eigenvalue weighted by molar-refractivity contribution is 0.690. The molecule has 1 fully saturated rings. The van der Waals surface area contributed by atoms with Crippen LogP contribution in [0.25, 0.3) is 11.1 Å². The van der Waals surface area contributed by atoms with Crippen molar-refractivity contribution in [2.24, 2.45) is 0 Å². The van der Waals surface area contributed by atoms with Gasteiger partial charge in [0.25, 0.3) is 0 Å². The third-order valence-electron chi connectivity index (χ3n) is 3.43. The zero-order valence-electron chi connectivity index (χ0n) is 11.0. The van der Waals surface area contributed by atoms with Gasteiger partial charge in [-0.1, -0.05) is 29.3 Å². The first-order chi connectivity index (χ1) is 8.72. The molecular weight excluding hydrogens is 238 g/mol. The normalized spacial score (nSPS) is 15.0. The van der Waals surface area contributed by atoms with Crippen molar-refractivity contribution in [3.63, 3.8) is 0 Å². The summed E-state index contributed by atoms with van der Waals surface area (Å²) in [6.07, 6.45) is 2.70. The van der Waals surface area contributed by atoms with E-state index in [9.17, 15) is 0 Å². The highest BCUT2D eigenvalue weighted by atomic mass is 32.1. The Morgan fingerprint density at radius 1 is 1.11 bits per heavy atom. The number of thiophene rings is 1. The molecule has 1 nitrogen and oxygen atoms in total. The van der Waals surface area contributed by atoms with E-state index < -0.39 is 0 Å². The van der Waals surface area contributed by atoms with E-state index in [-0.39, 0.29) is 0 Å². The van der Waals surface area contributed by atoms with Gasteiger partial charge >= 0.3 is 0 Å². The molecule has 0 saturated heterocycles. The molecule has 1 N–H and O–H groups in total. The molecule has 94 valence electrons. The monoisotopic (exact) mass is 257 g/mol. The predicted octanol–water partition coefficient (Wildman–Crippen LogP) is 4.28. The second kappa shape index (κ2) is 4.87. The van der Waals surface area contributed by atoms with Crippen molar-refractivity contribution in [2.45, 2.75) is 39.3 Å². The molecule has 0 atom stereocenters. The fourth-order valence-electron chi connectivity index (χ4n) is 2.39. The lowest BCUT2D eigenvalue weighted by Gasteiger charge is -2.08. The van der Waals surface area contributed by atoms with Crippen LogP contribution in [0.3, 0.4) is 0 Å². The summed E-state index contributed by atoms with van der Waals surface area (Å²) in [5.41, 5.74) is 6.90. The molecule has 0 radical (unpaired) electrons. The standard InChI is InChI=1S/C16H19NS/c1-11-5-12(2)7-13(6-11)16-10-18-9-14(16)8-17-15-3-4-15/h5-7,9-10,15,17H,3-4,8H2,1-2H3. The van der Waals surface area contributed by atoms with Gasteiger partial charge in [0.1, 0.15) is 0 Å². The molecular formula is C16H19NS. The number of benzene rings is 1. The molecule has 0 amide bonds. The van der Waals surface area contributed by atoms with Crippen molar-refractivity contribution < 1.29 is 0 Å². The van der Waals surface area contributed by atoms with Gasteiger partial charge in [0.2, 0.25) is 0 Å². The largest absolute Gasteiger partial charge is 0.310 e. The summed E-state index contributed by atoms with van der Waals surface area (Å²) < 4.78 is 0. The molecule has 1 aromatic heterocycles. The fraction of sp³-hybridized carbons (Fsp3) is 0.375. The van der Waals surface area contributed by atoms with E-state index in [1.54, 1.807) is 11.3 Å². The van der Waals surface area contributed by atoms with Crippen molar-refractivity contribution in [1.29, 1.82) is 0 Å². The quantitative estimate of drug-likeness (QED) is 0.862. The Morgan fingerprint density at radius 3 is 2.50 bits per heavy atom. The van der Waals surface area contributed by atoms with E-state index in [0.717, 1.165) is 12.6 Å². The first-order valence-corrected chi connectivity index (χ1v) is 7.54. The van der Waals surface area contributed by atoms with Gasteiger partial charge in [-0.2, -0.15) is 11.3 Å². The highest BCUT2D eigenvalue weighted by molar-refractivity contribution is 7.08. The van der Waals surface area contributed by atoms with Crippen molar-refractivity contribution >= 4 is 11.3 Å². The number of hydrogen-bond acceptors (Lipinski definition) is 2. The van der Waals surface area contributed by atoms with Crippen molar-refractivity contribution in [2.75, 3.05) is 0 Å². The maximum atomic E-state index is 3.61. The van der Waals surface area contributed by atoms with Gasteiger partial charge in [-0.05, 0) is 54.1 Å². The van der Waals surface area contributed by atoms with E-state index in [1.165, 1.54) is 40.7 Å². The molecule has 1 saturated carbocycles. The van der Waals surface area contributed by atoms with Crippen molar-refractivity contribution in [1.82, 2.24) is 5.32 Å². The van der Waals surface area contributed by atoms with Gasteiger partial charge < -0.3 is 5.32 Å². The minimum absolute atomic E-state index is 0.775. The van der Waals surface area contributed by atoms with Crippen LogP contribution in [0.1, 0.15) is 29.5 Å². The summed E-state index contributed by atoms with van der Waals surface area (Å²) in [4.78, 5) is 0. The average molecular weight is 257 g/mol. The summed E-state index contributed by atoms with van der Waals surface area (Å²) in [6.45, 7) is 5.35. The minimum Gasteiger partial charge on any atom is -0.310 e. The summed E-state index contributed by atoms with van der Waals surface area (Å²) in [5, 5.41) is 8.16. The van der Waals surface area contributed by atoms with Crippen LogP contribution >= 0.6 is 11.3 Å². The summed E-state index contributed by atoms with van der Waals surface area (Å²) in [5.74, 6) is 0. The molecule has 3 rings (SSSR count). The van der Waals surface area contributed by atoms with Crippen LogP contribution < -0.4 is 5.32 Å². The number of hydrogen-bond donors (Lipinski definition) is 1. The molecule has 0 aliphatic heterocycles. The maximum absolute atomic E-state index is 3.61. The number of rotatable bonds is 4. The van der Waals surface area contributed by atoms with Crippen molar-refractivity contribution in [3.8, 4) is 11.1 Å². The molecule has 2 heteroatoms. The molecule has 18 heavy (non-hydrogen) atoms. The lowest BCUT2D eigenvalue weighted by Crippen LogP contribution is -2.15. The molecule has 0 spiro atoms. The first kappa shape index (κ1) is 11.9. The SMILES string of the molecule is Cc1cc(C)cc(-c2cscc2CNC2CC2)c1. The van der Waals surface area contributed by atoms with Gasteiger partial charge in [-0.3, -0.25) is 0 Å². The van der Waals surface area contributed by atoms with Gasteiger partial charge in [0.05, 0.1) is 0 Å². The summed E-state index contributed by atoms with van der Waals surface area (Å²) >= 11 is 1.80. The Hall–Kier alpha value is -1.12. The second-order valence-corrected chi connectivity index (χ2v) is 6.09. The Balaban J connectivity index is 1.87. The van der Waals surface area contributed by atoms with Crippen LogP contribution in [0.15, 0.2) is 29.0 Å². The third-order valence-corrected chi connectivity index (χ3v) is 4.23. The van der Waals surface area contributed by atoms with Gasteiger partial charge in [0.15, 0.2) is 0 Å². The first-order valence-electron chi connectivity index (χ1n) is 6.59. The molecule has 1 aliphatic rings. The number of nitrogens with one attached hydrogen (secondary N) is 1. The molecule has 1 aromatic carbocycles. The minimum atomic E-state index is 0.775. The van der Waals surface area contributed by atoms with E-state index >= 15 is 0 Å². The molecule has 2 aromatic rings. The molecule has 1 heterocycles. The van der Waals surface area contributed by atoms with Crippen LogP contribution in [-0.2, 0) is 6.54 Å². The van der Waals surface area contributed by atoms with E-state index in [2.05, 4.69) is 48.1 Å². The van der Waals surface area contributed by atoms with Crippen molar-refractivity contribution in [3.05, 3.63) is 45.6 Å². The van der Waals surface area contributed by atoms with Crippen LogP contribution in [0.5, 0.6) is 0 Å². The number of aryl methyl sites for hydroxylation is 2. The van der Waals surface area contributed by atoms with Crippen LogP contribution in [-0.4, -0.2) is 6.04 Å². The Morgan fingerprint density at radius 2 is 1.83 bits per heavy atom. The highest BCUT2D eigenvalue weighted by Crippen LogP contribution is 2.30. The molecule has 0 bridgehead atoms. The fourth-order valence-corrected chi connectivity index (χ4v) is 3.25. The highest BCUT2D eigenvalue weighted by Gasteiger charge is 2.20. The molecule has 1 aliphatic carbocycles. The van der Waals surface area contributed by atoms with Crippen LogP contribution in [0, 0.1) is 13.8 Å². The van der Waals surface area contributed by atoms with Gasteiger partial charge in [-0.15, -0.1) is 0 Å². The third kappa shape index (κ3) is 2.65. The molecule has 0 unspecified atom stereocenters. The van der Waals surface area contributed by atoms with Crippen LogP contribution in [0.4, 0.5) is 0 Å². The Labute approximate surface area is 113 Å². The Kier molecular flexibility index (Phi) is 3.23. The zero-order chi connectivity index (χ0) is 12.5. The zero-order valence-corrected chi connectivity index (χ0v) is 11.8.